The Balaban J connectivity index is 3.65. The van der Waals surface area contributed by atoms with E-state index in [4.69, 9.17) is 0 Å². The van der Waals surface area contributed by atoms with Gasteiger partial charge in [0.25, 0.3) is 0 Å². The molecule has 0 rings (SSSR count). The maximum Gasteiger partial charge on any atom is 0.331 e. The Bertz CT molecular complexity index is 101. The molecule has 4 nitrogen and oxygen atoms in total. The molecule has 4 heteroatoms. The molecule has 0 radical (unpaired) electrons. The van der Waals surface area contributed by atoms with Crippen LogP contribution in [-0.2, 0) is 0 Å². The minimum atomic E-state index is -0.0764. The number of hydrogen-bond donors (Lipinski definition) is 2. The van der Waals surface area contributed by atoms with E-state index in [0.717, 1.165) is 13.1 Å². The highest BCUT2D eigenvalue weighted by Gasteiger charge is 2.05. The van der Waals surface area contributed by atoms with Gasteiger partial charge in [-0.05, 0) is 13.8 Å². The summed E-state index contributed by atoms with van der Waals surface area (Å²) in [5, 5.41) is 0. The van der Waals surface area contributed by atoms with Crippen LogP contribution in [0.15, 0.2) is 0 Å². The number of carbonyl (C=O) groups excluding carboxylic acids is 1. The Labute approximate surface area is 61.6 Å². The quantitative estimate of drug-likeness (QED) is 0.556. The summed E-state index contributed by atoms with van der Waals surface area (Å²) in [6.45, 7) is 5.37. The lowest BCUT2D eigenvalue weighted by Gasteiger charge is -2.18. The van der Waals surface area contributed by atoms with E-state index in [1.807, 2.05) is 13.8 Å². The first-order valence-corrected chi connectivity index (χ1v) is 3.47. The molecule has 2 N–H and O–H groups in total. The van der Waals surface area contributed by atoms with Crippen molar-refractivity contribution >= 4 is 6.03 Å². The van der Waals surface area contributed by atoms with Crippen LogP contribution in [0.2, 0.25) is 0 Å². The fraction of sp³-hybridized carbons (Fsp3) is 0.833. The smallest absolute Gasteiger partial charge is 0.324 e. The van der Waals surface area contributed by atoms with E-state index >= 15 is 0 Å². The molecular weight excluding hydrogens is 130 g/mol. The van der Waals surface area contributed by atoms with Crippen LogP contribution >= 0.6 is 0 Å². The van der Waals surface area contributed by atoms with Crippen molar-refractivity contribution in [1.82, 2.24) is 15.8 Å². The monoisotopic (exact) mass is 145 g/mol. The van der Waals surface area contributed by atoms with E-state index < -0.39 is 0 Å². The molecule has 0 fully saturated rings. The standard InChI is InChI=1S/C6H15N3O/c1-4-9(5-2)6(10)8-7-3/h7H,4-5H2,1-3H3,(H,8,10). The number of urea groups is 1. The van der Waals surface area contributed by atoms with Gasteiger partial charge < -0.3 is 4.90 Å². The summed E-state index contributed by atoms with van der Waals surface area (Å²) in [7, 11) is 1.67. The van der Waals surface area contributed by atoms with E-state index in [0.29, 0.717) is 0 Å². The third-order valence-electron chi connectivity index (χ3n) is 1.28. The second-order valence-electron chi connectivity index (χ2n) is 1.85. The Morgan fingerprint density at radius 1 is 1.40 bits per heavy atom. The van der Waals surface area contributed by atoms with Crippen molar-refractivity contribution in [2.45, 2.75) is 13.8 Å². The van der Waals surface area contributed by atoms with Gasteiger partial charge in [0.1, 0.15) is 0 Å². The highest BCUT2D eigenvalue weighted by molar-refractivity contribution is 5.73. The molecule has 0 aromatic carbocycles. The summed E-state index contributed by atoms with van der Waals surface area (Å²) in [4.78, 5) is 12.6. The minimum Gasteiger partial charge on any atom is -0.324 e. The van der Waals surface area contributed by atoms with Crippen LogP contribution in [0, 0.1) is 0 Å². The Morgan fingerprint density at radius 3 is 2.20 bits per heavy atom. The summed E-state index contributed by atoms with van der Waals surface area (Å²) in [5.74, 6) is 0. The summed E-state index contributed by atoms with van der Waals surface area (Å²) < 4.78 is 0. The zero-order valence-electron chi connectivity index (χ0n) is 6.77. The van der Waals surface area contributed by atoms with Crippen LogP contribution in [0.4, 0.5) is 4.79 Å². The highest BCUT2D eigenvalue weighted by atomic mass is 16.2. The summed E-state index contributed by atoms with van der Waals surface area (Å²) in [6, 6.07) is -0.0764. The van der Waals surface area contributed by atoms with Crippen molar-refractivity contribution in [1.29, 1.82) is 0 Å². The maximum atomic E-state index is 11.0. The van der Waals surface area contributed by atoms with Crippen molar-refractivity contribution in [3.63, 3.8) is 0 Å². The zero-order valence-corrected chi connectivity index (χ0v) is 6.77. The van der Waals surface area contributed by atoms with Crippen LogP contribution in [0.3, 0.4) is 0 Å². The lowest BCUT2D eigenvalue weighted by molar-refractivity contribution is 0.199. The lowest BCUT2D eigenvalue weighted by Crippen LogP contribution is -2.44. The largest absolute Gasteiger partial charge is 0.331 e. The van der Waals surface area contributed by atoms with Gasteiger partial charge in [-0.3, -0.25) is 5.43 Å². The third kappa shape index (κ3) is 2.68. The van der Waals surface area contributed by atoms with Gasteiger partial charge in [0, 0.05) is 20.1 Å². The predicted molar refractivity (Wildman–Crippen MR) is 40.5 cm³/mol. The first kappa shape index (κ1) is 9.23. The molecule has 0 aromatic rings. The molecule has 0 aliphatic rings. The van der Waals surface area contributed by atoms with Gasteiger partial charge >= 0.3 is 6.03 Å². The SMILES string of the molecule is CCN(CC)C(=O)NNC. The Morgan fingerprint density at radius 2 is 1.90 bits per heavy atom. The van der Waals surface area contributed by atoms with E-state index in [1.54, 1.807) is 11.9 Å². The average molecular weight is 145 g/mol. The van der Waals surface area contributed by atoms with Crippen molar-refractivity contribution in [3.8, 4) is 0 Å². The van der Waals surface area contributed by atoms with Gasteiger partial charge in [-0.15, -0.1) is 0 Å². The maximum absolute atomic E-state index is 11.0. The molecule has 60 valence electrons. The van der Waals surface area contributed by atoms with Crippen molar-refractivity contribution in [2.24, 2.45) is 0 Å². The molecule has 0 saturated heterocycles. The van der Waals surface area contributed by atoms with Crippen molar-refractivity contribution < 1.29 is 4.79 Å². The number of hydrazine groups is 1. The molecule has 0 aliphatic heterocycles. The molecule has 2 amide bonds. The van der Waals surface area contributed by atoms with Gasteiger partial charge in [0.2, 0.25) is 0 Å². The van der Waals surface area contributed by atoms with Crippen LogP contribution in [0.5, 0.6) is 0 Å². The first-order chi connectivity index (χ1) is 4.76. The molecule has 0 saturated carbocycles. The summed E-state index contributed by atoms with van der Waals surface area (Å²) >= 11 is 0. The molecule has 0 unspecified atom stereocenters. The minimum absolute atomic E-state index is 0.0764. The fourth-order valence-corrected chi connectivity index (χ4v) is 0.697. The molecule has 0 heterocycles. The van der Waals surface area contributed by atoms with Gasteiger partial charge in [0.15, 0.2) is 0 Å². The van der Waals surface area contributed by atoms with Gasteiger partial charge in [-0.25, -0.2) is 10.2 Å². The molecule has 0 atom stereocenters. The van der Waals surface area contributed by atoms with E-state index in [9.17, 15) is 4.79 Å². The summed E-state index contributed by atoms with van der Waals surface area (Å²) in [5.41, 5.74) is 5.06. The number of carbonyl (C=O) groups is 1. The molecular formula is C6H15N3O. The van der Waals surface area contributed by atoms with E-state index in [2.05, 4.69) is 10.9 Å². The first-order valence-electron chi connectivity index (χ1n) is 3.47. The number of nitrogens with zero attached hydrogens (tertiary/aromatic N) is 1. The van der Waals surface area contributed by atoms with Crippen LogP contribution in [0.25, 0.3) is 0 Å². The normalized spacial score (nSPS) is 9.10. The number of amides is 2. The highest BCUT2D eigenvalue weighted by Crippen LogP contribution is 1.85. The fourth-order valence-electron chi connectivity index (χ4n) is 0.697. The van der Waals surface area contributed by atoms with Gasteiger partial charge in [-0.1, -0.05) is 0 Å². The average Bonchev–Trinajstić information content (AvgIpc) is 1.91. The Kier molecular flexibility index (Phi) is 4.66. The second-order valence-corrected chi connectivity index (χ2v) is 1.85. The number of rotatable bonds is 3. The number of nitrogens with one attached hydrogen (secondary N) is 2. The molecule has 0 aliphatic carbocycles. The second kappa shape index (κ2) is 5.05. The van der Waals surface area contributed by atoms with Crippen LogP contribution < -0.4 is 10.9 Å². The zero-order chi connectivity index (χ0) is 7.98. The van der Waals surface area contributed by atoms with Gasteiger partial charge in [-0.2, -0.15) is 0 Å². The van der Waals surface area contributed by atoms with Crippen molar-refractivity contribution in [3.05, 3.63) is 0 Å². The molecule has 0 spiro atoms. The van der Waals surface area contributed by atoms with Gasteiger partial charge in [0.05, 0.1) is 0 Å². The topological polar surface area (TPSA) is 44.4 Å². The van der Waals surface area contributed by atoms with E-state index in [-0.39, 0.29) is 6.03 Å². The lowest BCUT2D eigenvalue weighted by atomic mass is 10.5. The molecule has 10 heavy (non-hydrogen) atoms. The van der Waals surface area contributed by atoms with Crippen molar-refractivity contribution in [2.75, 3.05) is 20.1 Å². The molecule has 0 bridgehead atoms. The van der Waals surface area contributed by atoms with Crippen LogP contribution in [-0.4, -0.2) is 31.1 Å². The van der Waals surface area contributed by atoms with Crippen LogP contribution in [0.1, 0.15) is 13.8 Å². The third-order valence-corrected chi connectivity index (χ3v) is 1.28. The number of hydrogen-bond acceptors (Lipinski definition) is 2. The Hall–Kier alpha value is -0.770. The predicted octanol–water partition coefficient (Wildman–Crippen LogP) is 0.172. The summed E-state index contributed by atoms with van der Waals surface area (Å²) in [6.07, 6.45) is 0. The molecule has 0 aromatic heterocycles. The van der Waals surface area contributed by atoms with E-state index in [1.165, 1.54) is 0 Å².